The van der Waals surface area contributed by atoms with Crippen molar-refractivity contribution in [1.29, 1.82) is 0 Å². The van der Waals surface area contributed by atoms with Crippen LogP contribution in [-0.2, 0) is 15.0 Å². The summed E-state index contributed by atoms with van der Waals surface area (Å²) < 4.78 is 0. The number of carbonyl (C=O) groups excluding carboxylic acids is 2. The highest BCUT2D eigenvalue weighted by atomic mass is 16.2. The normalized spacial score (nSPS) is 22.7. The van der Waals surface area contributed by atoms with E-state index in [2.05, 4.69) is 10.6 Å². The van der Waals surface area contributed by atoms with Gasteiger partial charge in [-0.15, -0.1) is 0 Å². The second-order valence-corrected chi connectivity index (χ2v) is 6.27. The summed E-state index contributed by atoms with van der Waals surface area (Å²) >= 11 is 0. The van der Waals surface area contributed by atoms with Gasteiger partial charge in [0.15, 0.2) is 0 Å². The Bertz CT molecular complexity index is 598. The Morgan fingerprint density at radius 3 is 2.70 bits per heavy atom. The van der Waals surface area contributed by atoms with E-state index in [4.69, 9.17) is 0 Å². The first kappa shape index (κ1) is 11.9. The maximum absolute atomic E-state index is 12.3. The number of hydrogen-bond acceptors (Lipinski definition) is 2. The van der Waals surface area contributed by atoms with Crippen molar-refractivity contribution in [2.45, 2.75) is 43.9 Å². The van der Waals surface area contributed by atoms with E-state index in [1.54, 1.807) is 0 Å². The smallest absolute Gasteiger partial charge is 0.235 e. The predicted molar refractivity (Wildman–Crippen MR) is 76.6 cm³/mol. The summed E-state index contributed by atoms with van der Waals surface area (Å²) in [6.45, 7) is 0. The van der Waals surface area contributed by atoms with Gasteiger partial charge in [-0.3, -0.25) is 9.59 Å². The molecule has 2 fully saturated rings. The first-order valence-electron chi connectivity index (χ1n) is 7.46. The minimum Gasteiger partial charge on any atom is -0.326 e. The molecule has 2 aliphatic carbocycles. The van der Waals surface area contributed by atoms with Crippen LogP contribution in [0.25, 0.3) is 0 Å². The number of benzene rings is 1. The molecule has 2 amide bonds. The van der Waals surface area contributed by atoms with Crippen molar-refractivity contribution in [3.63, 3.8) is 0 Å². The number of amides is 2. The number of carbonyl (C=O) groups is 2. The van der Waals surface area contributed by atoms with Crippen LogP contribution in [0.3, 0.4) is 0 Å². The van der Waals surface area contributed by atoms with Crippen molar-refractivity contribution in [2.24, 2.45) is 5.92 Å². The molecule has 20 heavy (non-hydrogen) atoms. The molecule has 0 unspecified atom stereocenters. The van der Waals surface area contributed by atoms with Crippen LogP contribution in [0.15, 0.2) is 18.2 Å². The van der Waals surface area contributed by atoms with Gasteiger partial charge in [-0.2, -0.15) is 0 Å². The van der Waals surface area contributed by atoms with Crippen molar-refractivity contribution in [1.82, 2.24) is 0 Å². The molecular formula is C16H18N2O2. The molecule has 4 nitrogen and oxygen atoms in total. The molecule has 1 aromatic carbocycles. The standard InChI is InChI=1S/C16H18N2O2/c19-14(10-3-4-10)17-11-5-6-13-12(9-11)16(15(20)18-13)7-1-2-8-16/h5-6,9-10H,1-4,7-8H2,(H,17,19)(H,18,20). The molecule has 4 heteroatoms. The minimum absolute atomic E-state index is 0.114. The van der Waals surface area contributed by atoms with Gasteiger partial charge in [-0.05, 0) is 49.4 Å². The number of rotatable bonds is 2. The maximum atomic E-state index is 12.3. The Kier molecular flexibility index (Phi) is 2.43. The number of hydrogen-bond donors (Lipinski definition) is 2. The van der Waals surface area contributed by atoms with E-state index in [1.807, 2.05) is 18.2 Å². The lowest BCUT2D eigenvalue weighted by molar-refractivity contribution is -0.120. The second-order valence-electron chi connectivity index (χ2n) is 6.27. The molecule has 0 saturated heterocycles. The van der Waals surface area contributed by atoms with Gasteiger partial charge < -0.3 is 10.6 Å². The lowest BCUT2D eigenvalue weighted by Gasteiger charge is -2.21. The van der Waals surface area contributed by atoms with Gasteiger partial charge in [0.25, 0.3) is 0 Å². The van der Waals surface area contributed by atoms with E-state index in [9.17, 15) is 9.59 Å². The van der Waals surface area contributed by atoms with Crippen molar-refractivity contribution >= 4 is 23.2 Å². The van der Waals surface area contributed by atoms with Gasteiger partial charge in [-0.1, -0.05) is 12.8 Å². The summed E-state index contributed by atoms with van der Waals surface area (Å²) in [5.41, 5.74) is 2.48. The Morgan fingerprint density at radius 1 is 1.25 bits per heavy atom. The fourth-order valence-electron chi connectivity index (χ4n) is 3.56. The number of nitrogens with one attached hydrogen (secondary N) is 2. The van der Waals surface area contributed by atoms with Crippen molar-refractivity contribution < 1.29 is 9.59 Å². The summed E-state index contributed by atoms with van der Waals surface area (Å²) in [7, 11) is 0. The van der Waals surface area contributed by atoms with Crippen LogP contribution in [0.2, 0.25) is 0 Å². The zero-order valence-corrected chi connectivity index (χ0v) is 11.4. The maximum Gasteiger partial charge on any atom is 0.235 e. The summed E-state index contributed by atoms with van der Waals surface area (Å²) in [6.07, 6.45) is 6.05. The SMILES string of the molecule is O=C(Nc1ccc2c(c1)C1(CCCC1)C(=O)N2)C1CC1. The Labute approximate surface area is 117 Å². The van der Waals surface area contributed by atoms with Gasteiger partial charge in [0.2, 0.25) is 11.8 Å². The van der Waals surface area contributed by atoms with Crippen LogP contribution >= 0.6 is 0 Å². The fourth-order valence-corrected chi connectivity index (χ4v) is 3.56. The summed E-state index contributed by atoms with van der Waals surface area (Å²) in [4.78, 5) is 24.2. The third-order valence-electron chi connectivity index (χ3n) is 4.89. The highest BCUT2D eigenvalue weighted by molar-refractivity contribution is 6.07. The van der Waals surface area contributed by atoms with Crippen molar-refractivity contribution in [3.05, 3.63) is 23.8 Å². The van der Waals surface area contributed by atoms with Crippen molar-refractivity contribution in [3.8, 4) is 0 Å². The molecule has 1 spiro atoms. The average Bonchev–Trinajstić information content (AvgIpc) is 3.12. The molecule has 104 valence electrons. The van der Waals surface area contributed by atoms with E-state index in [1.165, 1.54) is 0 Å². The first-order chi connectivity index (χ1) is 9.69. The molecule has 2 N–H and O–H groups in total. The van der Waals surface area contributed by atoms with Crippen LogP contribution in [0.4, 0.5) is 11.4 Å². The molecule has 3 aliphatic rings. The van der Waals surface area contributed by atoms with Crippen LogP contribution in [-0.4, -0.2) is 11.8 Å². The van der Waals surface area contributed by atoms with Crippen LogP contribution in [0.1, 0.15) is 44.1 Å². The topological polar surface area (TPSA) is 58.2 Å². The largest absolute Gasteiger partial charge is 0.326 e. The molecule has 0 atom stereocenters. The zero-order valence-electron chi connectivity index (χ0n) is 11.4. The highest BCUT2D eigenvalue weighted by Gasteiger charge is 2.48. The molecule has 0 radical (unpaired) electrons. The molecule has 0 aromatic heterocycles. The molecule has 1 aromatic rings. The van der Waals surface area contributed by atoms with Gasteiger partial charge in [0.05, 0.1) is 5.41 Å². The quantitative estimate of drug-likeness (QED) is 0.868. The summed E-state index contributed by atoms with van der Waals surface area (Å²) in [5.74, 6) is 0.446. The first-order valence-corrected chi connectivity index (χ1v) is 7.46. The molecule has 2 saturated carbocycles. The summed E-state index contributed by atoms with van der Waals surface area (Å²) in [5, 5.41) is 5.97. The third-order valence-corrected chi connectivity index (χ3v) is 4.89. The van der Waals surface area contributed by atoms with Gasteiger partial charge in [0, 0.05) is 17.3 Å². The average molecular weight is 270 g/mol. The molecule has 1 aliphatic heterocycles. The lowest BCUT2D eigenvalue weighted by Crippen LogP contribution is -2.31. The highest BCUT2D eigenvalue weighted by Crippen LogP contribution is 2.49. The Balaban J connectivity index is 1.68. The lowest BCUT2D eigenvalue weighted by atomic mass is 9.80. The van der Waals surface area contributed by atoms with Crippen LogP contribution < -0.4 is 10.6 Å². The Hall–Kier alpha value is -1.84. The molecular weight excluding hydrogens is 252 g/mol. The van der Waals surface area contributed by atoms with Crippen molar-refractivity contribution in [2.75, 3.05) is 10.6 Å². The zero-order chi connectivity index (χ0) is 13.7. The van der Waals surface area contributed by atoms with Crippen LogP contribution in [0, 0.1) is 5.92 Å². The summed E-state index contributed by atoms with van der Waals surface area (Å²) in [6, 6.07) is 5.80. The van der Waals surface area contributed by atoms with E-state index >= 15 is 0 Å². The van der Waals surface area contributed by atoms with E-state index < -0.39 is 0 Å². The van der Waals surface area contributed by atoms with E-state index in [0.29, 0.717) is 0 Å². The second kappa shape index (κ2) is 4.08. The van der Waals surface area contributed by atoms with Crippen LogP contribution in [0.5, 0.6) is 0 Å². The van der Waals surface area contributed by atoms with Gasteiger partial charge >= 0.3 is 0 Å². The van der Waals surface area contributed by atoms with Gasteiger partial charge in [0.1, 0.15) is 0 Å². The molecule has 0 bridgehead atoms. The van der Waals surface area contributed by atoms with Gasteiger partial charge in [-0.25, -0.2) is 0 Å². The van der Waals surface area contributed by atoms with E-state index in [0.717, 1.165) is 55.5 Å². The third kappa shape index (κ3) is 1.67. The monoisotopic (exact) mass is 270 g/mol. The number of fused-ring (bicyclic) bond motifs is 2. The number of anilines is 2. The molecule has 4 rings (SSSR count). The van der Waals surface area contributed by atoms with E-state index in [-0.39, 0.29) is 23.1 Å². The molecule has 1 heterocycles. The predicted octanol–water partition coefficient (Wildman–Crippen LogP) is 2.80. The Morgan fingerprint density at radius 2 is 2.00 bits per heavy atom. The fraction of sp³-hybridized carbons (Fsp3) is 0.500. The minimum atomic E-state index is -0.338.